The zero-order valence-corrected chi connectivity index (χ0v) is 7.86. The highest BCUT2D eigenvalue weighted by Gasteiger charge is 2.13. The summed E-state index contributed by atoms with van der Waals surface area (Å²) in [5, 5.41) is 0. The van der Waals surface area contributed by atoms with Crippen LogP contribution < -0.4 is 5.73 Å². The zero-order chi connectivity index (χ0) is 10.7. The van der Waals surface area contributed by atoms with E-state index in [1.54, 1.807) is 0 Å². The van der Waals surface area contributed by atoms with Crippen molar-refractivity contribution in [3.05, 3.63) is 35.1 Å². The molecule has 14 heavy (non-hydrogen) atoms. The molecule has 0 fully saturated rings. The molecule has 0 aliphatic rings. The Balaban J connectivity index is 3.00. The summed E-state index contributed by atoms with van der Waals surface area (Å²) in [6, 6.07) is 1.45. The number of nitrogens with two attached hydrogens (primary N) is 1. The van der Waals surface area contributed by atoms with Crippen molar-refractivity contribution in [1.82, 2.24) is 0 Å². The summed E-state index contributed by atoms with van der Waals surface area (Å²) in [5.74, 6) is -3.82. The lowest BCUT2D eigenvalue weighted by molar-refractivity contribution is 0.442. The first-order valence-corrected chi connectivity index (χ1v) is 4.46. The molecule has 0 unspecified atom stereocenters. The fraction of sp³-hybridized carbons (Fsp3) is 0.400. The monoisotopic (exact) mass is 203 g/mol. The van der Waals surface area contributed by atoms with Crippen molar-refractivity contribution in [1.29, 1.82) is 0 Å². The third-order valence-electron chi connectivity index (χ3n) is 2.03. The molecule has 1 atom stereocenters. The van der Waals surface area contributed by atoms with Crippen LogP contribution in [0.1, 0.15) is 31.4 Å². The van der Waals surface area contributed by atoms with Gasteiger partial charge in [-0.2, -0.15) is 0 Å². The number of hydrogen-bond donors (Lipinski definition) is 1. The standard InChI is InChI=1S/C10H12F3N/c1-2-3-9(14)6-4-7(11)10(13)8(12)5-6/h4-5,9H,2-3,14H2,1H3/t9-/m1/s1. The highest BCUT2D eigenvalue weighted by Crippen LogP contribution is 2.20. The third-order valence-corrected chi connectivity index (χ3v) is 2.03. The van der Waals surface area contributed by atoms with Gasteiger partial charge in [-0.15, -0.1) is 0 Å². The van der Waals surface area contributed by atoms with Gasteiger partial charge in [0.25, 0.3) is 0 Å². The van der Waals surface area contributed by atoms with E-state index in [1.807, 2.05) is 6.92 Å². The summed E-state index contributed by atoms with van der Waals surface area (Å²) in [7, 11) is 0. The Bertz CT molecular complexity index is 302. The van der Waals surface area contributed by atoms with Crippen molar-refractivity contribution in [2.75, 3.05) is 0 Å². The van der Waals surface area contributed by atoms with Gasteiger partial charge in [0.2, 0.25) is 0 Å². The number of hydrogen-bond acceptors (Lipinski definition) is 1. The van der Waals surface area contributed by atoms with Crippen molar-refractivity contribution in [3.63, 3.8) is 0 Å². The summed E-state index contributed by atoms with van der Waals surface area (Å²) >= 11 is 0. The molecular weight excluding hydrogens is 191 g/mol. The van der Waals surface area contributed by atoms with Gasteiger partial charge in [-0.25, -0.2) is 13.2 Å². The Morgan fingerprint density at radius 1 is 1.21 bits per heavy atom. The van der Waals surface area contributed by atoms with E-state index in [0.29, 0.717) is 12.0 Å². The van der Waals surface area contributed by atoms with Crippen LogP contribution in [0, 0.1) is 17.5 Å². The summed E-state index contributed by atoms with van der Waals surface area (Å²) in [4.78, 5) is 0. The average Bonchev–Trinajstić information content (AvgIpc) is 2.13. The summed E-state index contributed by atoms with van der Waals surface area (Å²) < 4.78 is 38.1. The largest absolute Gasteiger partial charge is 0.324 e. The van der Waals surface area contributed by atoms with E-state index in [9.17, 15) is 13.2 Å². The second kappa shape index (κ2) is 4.46. The molecule has 1 nitrogen and oxygen atoms in total. The van der Waals surface area contributed by atoms with Gasteiger partial charge in [-0.05, 0) is 24.1 Å². The minimum absolute atomic E-state index is 0.295. The average molecular weight is 203 g/mol. The lowest BCUT2D eigenvalue weighted by Gasteiger charge is -2.11. The molecular formula is C10H12F3N. The normalized spacial score (nSPS) is 12.9. The Morgan fingerprint density at radius 2 is 1.71 bits per heavy atom. The first kappa shape index (κ1) is 11.0. The molecule has 0 aliphatic heterocycles. The van der Waals surface area contributed by atoms with E-state index in [2.05, 4.69) is 0 Å². The van der Waals surface area contributed by atoms with Crippen LogP contribution in [0.3, 0.4) is 0 Å². The van der Waals surface area contributed by atoms with Gasteiger partial charge < -0.3 is 5.73 Å². The van der Waals surface area contributed by atoms with Crippen LogP contribution in [-0.2, 0) is 0 Å². The van der Waals surface area contributed by atoms with Crippen LogP contribution in [0.4, 0.5) is 13.2 Å². The highest BCUT2D eigenvalue weighted by atomic mass is 19.2. The Kier molecular flexibility index (Phi) is 3.52. The summed E-state index contributed by atoms with van der Waals surface area (Å²) in [5.41, 5.74) is 5.93. The van der Waals surface area contributed by atoms with Crippen LogP contribution in [0.5, 0.6) is 0 Å². The first-order chi connectivity index (χ1) is 6.56. The van der Waals surface area contributed by atoms with Gasteiger partial charge in [0, 0.05) is 6.04 Å². The molecule has 1 rings (SSSR count). The predicted molar refractivity (Wildman–Crippen MR) is 48.2 cm³/mol. The molecule has 4 heteroatoms. The molecule has 0 spiro atoms. The maximum Gasteiger partial charge on any atom is 0.194 e. The summed E-state index contributed by atoms with van der Waals surface area (Å²) in [6.07, 6.45) is 1.42. The molecule has 0 saturated heterocycles. The highest BCUT2D eigenvalue weighted by molar-refractivity contribution is 5.22. The molecule has 1 aromatic carbocycles. The molecule has 1 aromatic rings. The Labute approximate surface area is 80.7 Å². The third kappa shape index (κ3) is 2.26. The predicted octanol–water partition coefficient (Wildman–Crippen LogP) is 2.90. The number of rotatable bonds is 3. The van der Waals surface area contributed by atoms with E-state index in [1.165, 1.54) is 0 Å². The molecule has 0 amide bonds. The van der Waals surface area contributed by atoms with Crippen LogP contribution in [0.2, 0.25) is 0 Å². The zero-order valence-electron chi connectivity index (χ0n) is 7.86. The maximum atomic E-state index is 12.8. The van der Waals surface area contributed by atoms with Gasteiger partial charge in [0.1, 0.15) is 0 Å². The quantitative estimate of drug-likeness (QED) is 0.751. The minimum Gasteiger partial charge on any atom is -0.324 e. The lowest BCUT2D eigenvalue weighted by atomic mass is 10.0. The van der Waals surface area contributed by atoms with Gasteiger partial charge in [0.05, 0.1) is 0 Å². The van der Waals surface area contributed by atoms with Gasteiger partial charge in [0.15, 0.2) is 17.5 Å². The molecule has 0 heterocycles. The first-order valence-electron chi connectivity index (χ1n) is 4.46. The van der Waals surface area contributed by atoms with E-state index in [-0.39, 0.29) is 0 Å². The van der Waals surface area contributed by atoms with Crippen LogP contribution >= 0.6 is 0 Å². The van der Waals surface area contributed by atoms with Crippen molar-refractivity contribution in [3.8, 4) is 0 Å². The van der Waals surface area contributed by atoms with E-state index < -0.39 is 23.5 Å². The molecule has 0 saturated carbocycles. The van der Waals surface area contributed by atoms with Crippen LogP contribution in [0.25, 0.3) is 0 Å². The second-order valence-corrected chi connectivity index (χ2v) is 3.19. The lowest BCUT2D eigenvalue weighted by Crippen LogP contribution is -2.11. The molecule has 0 radical (unpaired) electrons. The van der Waals surface area contributed by atoms with Crippen LogP contribution in [-0.4, -0.2) is 0 Å². The number of halogens is 3. The van der Waals surface area contributed by atoms with Crippen LogP contribution in [0.15, 0.2) is 12.1 Å². The molecule has 0 aliphatic carbocycles. The topological polar surface area (TPSA) is 26.0 Å². The van der Waals surface area contributed by atoms with Crippen molar-refractivity contribution in [2.24, 2.45) is 5.73 Å². The van der Waals surface area contributed by atoms with E-state index >= 15 is 0 Å². The SMILES string of the molecule is CCC[C@@H](N)c1cc(F)c(F)c(F)c1. The Hall–Kier alpha value is -1.03. The Morgan fingerprint density at radius 3 is 2.14 bits per heavy atom. The molecule has 0 bridgehead atoms. The fourth-order valence-corrected chi connectivity index (χ4v) is 1.27. The van der Waals surface area contributed by atoms with Crippen molar-refractivity contribution in [2.45, 2.75) is 25.8 Å². The molecule has 0 aromatic heterocycles. The van der Waals surface area contributed by atoms with Gasteiger partial charge in [-0.1, -0.05) is 13.3 Å². The van der Waals surface area contributed by atoms with Crippen molar-refractivity contribution < 1.29 is 13.2 Å². The van der Waals surface area contributed by atoms with Gasteiger partial charge in [-0.3, -0.25) is 0 Å². The number of benzene rings is 1. The maximum absolute atomic E-state index is 12.8. The minimum atomic E-state index is -1.45. The van der Waals surface area contributed by atoms with Gasteiger partial charge >= 0.3 is 0 Å². The second-order valence-electron chi connectivity index (χ2n) is 3.19. The molecule has 78 valence electrons. The molecule has 2 N–H and O–H groups in total. The van der Waals surface area contributed by atoms with E-state index in [4.69, 9.17) is 5.73 Å². The summed E-state index contributed by atoms with van der Waals surface area (Å²) in [6.45, 7) is 1.91. The van der Waals surface area contributed by atoms with E-state index in [0.717, 1.165) is 18.6 Å². The van der Waals surface area contributed by atoms with Crippen molar-refractivity contribution >= 4 is 0 Å². The fourth-order valence-electron chi connectivity index (χ4n) is 1.27. The smallest absolute Gasteiger partial charge is 0.194 e.